The number of aromatic amines is 2. The minimum Gasteiger partial charge on any atom is -0.469 e. The number of carbonyl (C=O) groups excluding carboxylic acids is 1. The second kappa shape index (κ2) is 18.6. The van der Waals surface area contributed by atoms with Crippen LogP contribution in [-0.4, -0.2) is 114 Å². The number of amides is 1. The molecule has 3 aliphatic rings. The van der Waals surface area contributed by atoms with E-state index in [1.54, 1.807) is 0 Å². The number of nitrogens with zero attached hydrogens (tertiary/aromatic N) is 5. The Hall–Kier alpha value is -5.07. The number of hydrogen-bond donors (Lipinski definition) is 7. The van der Waals surface area contributed by atoms with Crippen molar-refractivity contribution in [2.24, 2.45) is 11.8 Å². The molecule has 6 heterocycles. The fraction of sp³-hybridized carbons (Fsp3) is 0.511. The summed E-state index contributed by atoms with van der Waals surface area (Å²) in [6, 6.07) is 11.5. The van der Waals surface area contributed by atoms with Crippen LogP contribution < -0.4 is 15.4 Å². The number of likely N-dealkylation sites (tertiary alicyclic amines) is 2. The van der Waals surface area contributed by atoms with Gasteiger partial charge in [0, 0.05) is 54.3 Å². The van der Waals surface area contributed by atoms with Crippen LogP contribution in [0.1, 0.15) is 102 Å². The lowest BCUT2D eigenvalue weighted by Gasteiger charge is -2.37. The zero-order chi connectivity index (χ0) is 44.7. The molecule has 2 aromatic carbocycles. The molecule has 0 bridgehead atoms. The van der Waals surface area contributed by atoms with E-state index < -0.39 is 37.0 Å². The number of ether oxygens (including phenoxy) is 3. The van der Waals surface area contributed by atoms with Crippen LogP contribution in [0.4, 0.5) is 4.79 Å². The van der Waals surface area contributed by atoms with Crippen molar-refractivity contribution in [2.45, 2.75) is 116 Å². The van der Waals surface area contributed by atoms with Gasteiger partial charge in [-0.1, -0.05) is 59.4 Å². The van der Waals surface area contributed by atoms with Crippen molar-refractivity contribution in [1.82, 2.24) is 44.9 Å². The number of alkyl carbamates (subject to hydrolysis) is 1. The molecule has 7 N–H and O–H groups in total. The summed E-state index contributed by atoms with van der Waals surface area (Å²) in [5.74, 6) is 2.33. The minimum absolute atomic E-state index is 0.0250. The molecule has 0 saturated carbocycles. The predicted molar refractivity (Wildman–Crippen MR) is 241 cm³/mol. The van der Waals surface area contributed by atoms with Crippen LogP contribution >= 0.6 is 0 Å². The minimum atomic E-state index is -1.18. The summed E-state index contributed by atoms with van der Waals surface area (Å²) in [6.07, 6.45) is 6.04. The van der Waals surface area contributed by atoms with Crippen molar-refractivity contribution < 1.29 is 34.3 Å². The molecule has 3 aromatic heterocycles. The van der Waals surface area contributed by atoms with Crippen LogP contribution in [0.2, 0.25) is 0 Å². The molecule has 2 saturated heterocycles. The highest BCUT2D eigenvalue weighted by molar-refractivity contribution is 6.00. The van der Waals surface area contributed by atoms with E-state index in [2.05, 4.69) is 80.0 Å². The van der Waals surface area contributed by atoms with Crippen molar-refractivity contribution in [1.29, 1.82) is 0 Å². The van der Waals surface area contributed by atoms with E-state index >= 15 is 0 Å². The van der Waals surface area contributed by atoms with Gasteiger partial charge >= 0.3 is 6.09 Å². The number of nitrogens with one attached hydrogen (secondary N) is 4. The summed E-state index contributed by atoms with van der Waals surface area (Å²) in [5, 5.41) is 40.1. The van der Waals surface area contributed by atoms with E-state index in [1.807, 2.05) is 51.1 Å². The van der Waals surface area contributed by atoms with E-state index in [9.17, 15) is 20.1 Å². The predicted octanol–water partition coefficient (Wildman–Crippen LogP) is 6.86. The maximum absolute atomic E-state index is 12.1. The number of aromatic nitrogens is 5. The quantitative estimate of drug-likeness (QED) is 0.0510. The lowest BCUT2D eigenvalue weighted by Crippen LogP contribution is -2.55. The number of aliphatic hydroxyl groups excluding tert-OH is 3. The molecule has 16 nitrogen and oxygen atoms in total. The zero-order valence-corrected chi connectivity index (χ0v) is 37.3. The Bertz CT molecular complexity index is 2410. The molecular weight excluding hydrogens is 803 g/mol. The zero-order valence-electron chi connectivity index (χ0n) is 37.3. The third kappa shape index (κ3) is 8.41. The first kappa shape index (κ1) is 44.5. The SMILES string of the molecule is C=Cc1c2n(c3ccc(-c4cnc(C5CCCN5C(O)C(NC(O)OC)C(C)C)[nH]4)cc13)C(CC)Oc1cc(-c3cnc(C4CCCN4C(O)C(NC(=O)OC)C(C)C)[nH]3)ccc1-2. The average molecular weight is 866 g/mol. The lowest BCUT2D eigenvalue weighted by atomic mass is 10.00. The van der Waals surface area contributed by atoms with Gasteiger partial charge in [-0.3, -0.25) is 15.1 Å². The third-order valence-electron chi connectivity index (χ3n) is 13.2. The normalized spacial score (nSPS) is 21.6. The van der Waals surface area contributed by atoms with Crippen LogP contribution in [0.3, 0.4) is 0 Å². The Labute approximate surface area is 368 Å². The van der Waals surface area contributed by atoms with Gasteiger partial charge in [-0.15, -0.1) is 0 Å². The monoisotopic (exact) mass is 865 g/mol. The van der Waals surface area contributed by atoms with E-state index in [0.717, 1.165) is 99.7 Å². The first-order chi connectivity index (χ1) is 30.4. The first-order valence-corrected chi connectivity index (χ1v) is 22.3. The fourth-order valence-electron chi connectivity index (χ4n) is 9.89. The van der Waals surface area contributed by atoms with Crippen LogP contribution in [0.25, 0.3) is 50.8 Å². The summed E-state index contributed by atoms with van der Waals surface area (Å²) >= 11 is 0. The molecule has 0 aliphatic carbocycles. The Kier molecular flexibility index (Phi) is 13.1. The summed E-state index contributed by atoms with van der Waals surface area (Å²) in [5.41, 5.74) is 7.70. The van der Waals surface area contributed by atoms with E-state index in [1.165, 1.54) is 14.2 Å². The molecule has 16 heteroatoms. The van der Waals surface area contributed by atoms with Crippen LogP contribution in [-0.2, 0) is 9.47 Å². The van der Waals surface area contributed by atoms with Gasteiger partial charge in [0.1, 0.15) is 29.9 Å². The number of benzene rings is 2. The van der Waals surface area contributed by atoms with Crippen molar-refractivity contribution >= 4 is 23.1 Å². The number of rotatable bonds is 16. The van der Waals surface area contributed by atoms with Crippen molar-refractivity contribution in [3.8, 4) is 39.5 Å². The van der Waals surface area contributed by atoms with Gasteiger partial charge in [0.05, 0.1) is 66.3 Å². The number of hydrogen-bond acceptors (Lipinski definition) is 12. The number of fused-ring (bicyclic) bond motifs is 5. The molecule has 5 aromatic rings. The van der Waals surface area contributed by atoms with Crippen molar-refractivity contribution in [3.63, 3.8) is 0 Å². The highest BCUT2D eigenvalue weighted by Crippen LogP contribution is 2.48. The maximum Gasteiger partial charge on any atom is 0.407 e. The largest absolute Gasteiger partial charge is 0.469 e. The second-order valence-electron chi connectivity index (χ2n) is 17.7. The van der Waals surface area contributed by atoms with Gasteiger partial charge in [-0.2, -0.15) is 0 Å². The maximum atomic E-state index is 12.1. The number of H-pyrrole nitrogens is 2. The summed E-state index contributed by atoms with van der Waals surface area (Å²) < 4.78 is 18.9. The number of imidazole rings is 2. The molecule has 63 heavy (non-hydrogen) atoms. The topological polar surface area (TPSA) is 198 Å². The molecule has 0 spiro atoms. The lowest BCUT2D eigenvalue weighted by molar-refractivity contribution is -0.132. The standard InChI is InChI=1S/C47H63N9O7/c1-9-29-31-21-27(32-23-48-42(50-32)35-13-11-19-54(35)44(57)39(25(3)4)52-46(59)61-7)16-18-34(31)56-38(10-2)63-37-22-28(15-17-30(37)41(29)56)33-24-49-43(51-33)36-14-12-20-55(36)45(58)40(26(5)6)53-47(60)62-8/h9,15-18,21-26,35-36,38-40,44-46,52,57-59H,1,10-14,19-20H2,2-8H3,(H,48,50)(H,49,51)(H,53,60). The van der Waals surface area contributed by atoms with E-state index in [-0.39, 0.29) is 30.1 Å². The highest BCUT2D eigenvalue weighted by atomic mass is 16.6. The smallest absolute Gasteiger partial charge is 0.407 e. The Morgan fingerprint density at radius 2 is 1.49 bits per heavy atom. The van der Waals surface area contributed by atoms with Gasteiger partial charge in [0.25, 0.3) is 0 Å². The molecule has 338 valence electrons. The van der Waals surface area contributed by atoms with Crippen LogP contribution in [0.5, 0.6) is 5.75 Å². The van der Waals surface area contributed by atoms with Gasteiger partial charge < -0.3 is 49.4 Å². The van der Waals surface area contributed by atoms with Crippen molar-refractivity contribution in [2.75, 3.05) is 27.3 Å². The highest BCUT2D eigenvalue weighted by Gasteiger charge is 2.40. The van der Waals surface area contributed by atoms with E-state index in [4.69, 9.17) is 24.2 Å². The molecule has 8 atom stereocenters. The Morgan fingerprint density at radius 3 is 2.05 bits per heavy atom. The Morgan fingerprint density at radius 1 is 0.905 bits per heavy atom. The molecule has 3 aliphatic heterocycles. The summed E-state index contributed by atoms with van der Waals surface area (Å²) in [4.78, 5) is 32.9. The first-order valence-electron chi connectivity index (χ1n) is 22.3. The van der Waals surface area contributed by atoms with Gasteiger partial charge in [0.15, 0.2) is 6.23 Å². The van der Waals surface area contributed by atoms with Crippen LogP contribution in [0, 0.1) is 11.8 Å². The van der Waals surface area contributed by atoms with Gasteiger partial charge in [0.2, 0.25) is 6.41 Å². The molecule has 8 unspecified atom stereocenters. The molecular formula is C47H63N9O7. The van der Waals surface area contributed by atoms with E-state index in [0.29, 0.717) is 13.1 Å². The molecule has 8 rings (SSSR count). The van der Waals surface area contributed by atoms with Crippen molar-refractivity contribution in [3.05, 3.63) is 72.6 Å². The molecule has 1 amide bonds. The molecule has 0 radical (unpaired) electrons. The number of aliphatic hydroxyl groups is 3. The number of methoxy groups -OCH3 is 2. The van der Waals surface area contributed by atoms with Gasteiger partial charge in [-0.05, 0) is 61.8 Å². The third-order valence-corrected chi connectivity index (χ3v) is 13.2. The molecule has 2 fully saturated rings. The fourth-order valence-corrected chi connectivity index (χ4v) is 9.89. The average Bonchev–Trinajstić information content (AvgIpc) is 4.14. The Balaban J connectivity index is 1.06. The van der Waals surface area contributed by atoms with Gasteiger partial charge in [-0.25, -0.2) is 14.8 Å². The van der Waals surface area contributed by atoms with Crippen LogP contribution in [0.15, 0.2) is 55.4 Å². The number of carbonyl (C=O) groups is 1. The second-order valence-corrected chi connectivity index (χ2v) is 17.7. The summed E-state index contributed by atoms with van der Waals surface area (Å²) in [6.45, 7) is 15.7. The summed E-state index contributed by atoms with van der Waals surface area (Å²) in [7, 11) is 2.74.